The van der Waals surface area contributed by atoms with Gasteiger partial charge in [-0.15, -0.1) is 0 Å². The summed E-state index contributed by atoms with van der Waals surface area (Å²) < 4.78 is 12.8. The summed E-state index contributed by atoms with van der Waals surface area (Å²) in [5.41, 5.74) is 0.397. The van der Waals surface area contributed by atoms with Crippen molar-refractivity contribution in [2.45, 2.75) is 58.0 Å². The first-order chi connectivity index (χ1) is 10.2. The van der Waals surface area contributed by atoms with Gasteiger partial charge in [-0.1, -0.05) is 15.9 Å². The molecule has 0 saturated heterocycles. The molecule has 1 heterocycles. The molecule has 1 aliphatic rings. The van der Waals surface area contributed by atoms with Crippen LogP contribution in [0.4, 0.5) is 4.79 Å². The quantitative estimate of drug-likeness (QED) is 0.720. The highest BCUT2D eigenvalue weighted by Crippen LogP contribution is 2.25. The molecule has 22 heavy (non-hydrogen) atoms. The number of nitrogens with one attached hydrogen (secondary N) is 1. The Morgan fingerprint density at radius 2 is 2.05 bits per heavy atom. The van der Waals surface area contributed by atoms with Crippen molar-refractivity contribution in [2.24, 2.45) is 0 Å². The second-order valence-corrected chi connectivity index (χ2v) is 8.08. The zero-order valence-electron chi connectivity index (χ0n) is 12.9. The number of pyridine rings is 1. The van der Waals surface area contributed by atoms with Crippen molar-refractivity contribution >= 4 is 38.0 Å². The minimum Gasteiger partial charge on any atom is -0.444 e. The molecule has 5 nitrogen and oxygen atoms in total. The van der Waals surface area contributed by atoms with E-state index in [0.717, 1.165) is 27.6 Å². The number of rotatable bonds is 4. The van der Waals surface area contributed by atoms with Gasteiger partial charge in [0.15, 0.2) is 0 Å². The average Bonchev–Trinajstić information content (AvgIpc) is 2.28. The molecular formula is C15H20Br2N2O3. The number of carbonyl (C=O) groups is 1. The van der Waals surface area contributed by atoms with Gasteiger partial charge in [0.05, 0.1) is 18.4 Å². The number of hydrogen-bond acceptors (Lipinski definition) is 4. The second kappa shape index (κ2) is 7.27. The van der Waals surface area contributed by atoms with E-state index in [4.69, 9.17) is 9.47 Å². The van der Waals surface area contributed by atoms with Crippen LogP contribution in [-0.4, -0.2) is 28.8 Å². The summed E-state index contributed by atoms with van der Waals surface area (Å²) >= 11 is 6.78. The topological polar surface area (TPSA) is 60.5 Å². The Hall–Kier alpha value is -0.660. The van der Waals surface area contributed by atoms with Gasteiger partial charge in [0, 0.05) is 10.5 Å². The van der Waals surface area contributed by atoms with Crippen LogP contribution in [0.2, 0.25) is 0 Å². The normalized spacial score (nSPS) is 21.1. The number of hydrogen-bond donors (Lipinski definition) is 1. The smallest absolute Gasteiger partial charge is 0.407 e. The van der Waals surface area contributed by atoms with Crippen molar-refractivity contribution in [2.75, 3.05) is 0 Å². The van der Waals surface area contributed by atoms with Crippen LogP contribution >= 0.6 is 31.9 Å². The Kier molecular flexibility index (Phi) is 5.85. The molecular weight excluding hydrogens is 416 g/mol. The Bertz CT molecular complexity index is 520. The van der Waals surface area contributed by atoms with Gasteiger partial charge >= 0.3 is 6.09 Å². The predicted molar refractivity (Wildman–Crippen MR) is 90.6 cm³/mol. The molecule has 0 radical (unpaired) electrons. The zero-order valence-corrected chi connectivity index (χ0v) is 16.0. The summed E-state index contributed by atoms with van der Waals surface area (Å²) in [5.74, 6) is 0. The third-order valence-electron chi connectivity index (χ3n) is 3.09. The van der Waals surface area contributed by atoms with Crippen LogP contribution in [0, 0.1) is 0 Å². The van der Waals surface area contributed by atoms with E-state index in [1.54, 1.807) is 0 Å². The maximum absolute atomic E-state index is 11.6. The maximum atomic E-state index is 11.6. The lowest BCUT2D eigenvalue weighted by atomic mass is 9.89. The maximum Gasteiger partial charge on any atom is 0.407 e. The molecule has 1 saturated carbocycles. The highest BCUT2D eigenvalue weighted by Gasteiger charge is 2.32. The Balaban J connectivity index is 1.68. The van der Waals surface area contributed by atoms with E-state index in [0.29, 0.717) is 6.61 Å². The largest absolute Gasteiger partial charge is 0.444 e. The van der Waals surface area contributed by atoms with Crippen molar-refractivity contribution in [3.63, 3.8) is 0 Å². The van der Waals surface area contributed by atoms with Crippen LogP contribution in [0.15, 0.2) is 21.2 Å². The monoisotopic (exact) mass is 434 g/mol. The molecule has 0 unspecified atom stereocenters. The third kappa shape index (κ3) is 5.85. The molecule has 1 aromatic rings. The van der Waals surface area contributed by atoms with E-state index in [1.807, 2.05) is 32.9 Å². The number of carbonyl (C=O) groups excluding carboxylic acids is 1. The van der Waals surface area contributed by atoms with E-state index in [1.165, 1.54) is 0 Å². The van der Waals surface area contributed by atoms with Gasteiger partial charge in [0.1, 0.15) is 10.2 Å². The molecule has 0 aromatic carbocycles. The van der Waals surface area contributed by atoms with Gasteiger partial charge in [-0.3, -0.25) is 0 Å². The van der Waals surface area contributed by atoms with Crippen molar-refractivity contribution < 1.29 is 14.3 Å². The Morgan fingerprint density at radius 3 is 2.64 bits per heavy atom. The Morgan fingerprint density at radius 1 is 1.36 bits per heavy atom. The predicted octanol–water partition coefficient (Wildman–Crippen LogP) is 4.18. The summed E-state index contributed by atoms with van der Waals surface area (Å²) in [5, 5.41) is 2.85. The molecule has 7 heteroatoms. The molecule has 1 aromatic heterocycles. The molecule has 122 valence electrons. The minimum atomic E-state index is -0.469. The van der Waals surface area contributed by atoms with Gasteiger partial charge in [0.2, 0.25) is 0 Å². The zero-order chi connectivity index (χ0) is 16.3. The van der Waals surface area contributed by atoms with Crippen LogP contribution in [0.3, 0.4) is 0 Å². The van der Waals surface area contributed by atoms with Gasteiger partial charge in [0.25, 0.3) is 0 Å². The van der Waals surface area contributed by atoms with E-state index in [9.17, 15) is 4.79 Å². The summed E-state index contributed by atoms with van der Waals surface area (Å²) in [6, 6.07) is 3.94. The molecule has 0 spiro atoms. The fourth-order valence-electron chi connectivity index (χ4n) is 2.09. The summed E-state index contributed by atoms with van der Waals surface area (Å²) in [6.07, 6.45) is 1.39. The van der Waals surface area contributed by atoms with Crippen LogP contribution in [0.1, 0.15) is 39.3 Å². The summed E-state index contributed by atoms with van der Waals surface area (Å²) in [6.45, 7) is 6.01. The number of amides is 1. The lowest BCUT2D eigenvalue weighted by molar-refractivity contribution is -0.0302. The molecule has 0 aliphatic heterocycles. The highest BCUT2D eigenvalue weighted by molar-refractivity contribution is 9.11. The van der Waals surface area contributed by atoms with Crippen molar-refractivity contribution in [1.29, 1.82) is 0 Å². The number of nitrogens with zero attached hydrogens (tertiary/aromatic N) is 1. The fraction of sp³-hybridized carbons (Fsp3) is 0.600. The van der Waals surface area contributed by atoms with Crippen LogP contribution < -0.4 is 5.32 Å². The number of ether oxygens (including phenoxy) is 2. The molecule has 1 fully saturated rings. The molecule has 1 aliphatic carbocycles. The summed E-state index contributed by atoms with van der Waals surface area (Å²) in [4.78, 5) is 16.0. The molecule has 2 rings (SSSR count). The van der Waals surface area contributed by atoms with E-state index in [2.05, 4.69) is 42.2 Å². The van der Waals surface area contributed by atoms with Crippen molar-refractivity contribution in [1.82, 2.24) is 10.3 Å². The first-order valence-electron chi connectivity index (χ1n) is 7.14. The fourth-order valence-corrected chi connectivity index (χ4v) is 3.35. The van der Waals surface area contributed by atoms with E-state index >= 15 is 0 Å². The first-order valence-corrected chi connectivity index (χ1v) is 8.73. The molecule has 1 amide bonds. The van der Waals surface area contributed by atoms with Crippen molar-refractivity contribution in [3.05, 3.63) is 26.9 Å². The minimum absolute atomic E-state index is 0.127. The van der Waals surface area contributed by atoms with Gasteiger partial charge in [-0.2, -0.15) is 0 Å². The number of alkyl carbamates (subject to hydrolysis) is 1. The standard InChI is InChI=1S/C15H20Br2N2O3/c1-15(2,3)22-14(20)19-10-6-12(7-10)21-8-11-4-9(16)5-13(17)18-11/h4-5,10,12H,6-8H2,1-3H3,(H,19,20)/t10-,12-. The average molecular weight is 436 g/mol. The number of aromatic nitrogens is 1. The van der Waals surface area contributed by atoms with Gasteiger partial charge in [-0.05, 0) is 61.7 Å². The second-order valence-electron chi connectivity index (χ2n) is 6.35. The van der Waals surface area contributed by atoms with E-state index < -0.39 is 5.60 Å². The summed E-state index contributed by atoms with van der Waals surface area (Å²) in [7, 11) is 0. The third-order valence-corrected chi connectivity index (χ3v) is 3.96. The Labute approximate surface area is 147 Å². The van der Waals surface area contributed by atoms with Gasteiger partial charge in [-0.25, -0.2) is 9.78 Å². The molecule has 0 atom stereocenters. The molecule has 0 bridgehead atoms. The highest BCUT2D eigenvalue weighted by atomic mass is 79.9. The van der Waals surface area contributed by atoms with Gasteiger partial charge < -0.3 is 14.8 Å². The lowest BCUT2D eigenvalue weighted by Gasteiger charge is -2.35. The molecule has 1 N–H and O–H groups in total. The number of halogens is 2. The van der Waals surface area contributed by atoms with Crippen molar-refractivity contribution in [3.8, 4) is 0 Å². The SMILES string of the molecule is CC(C)(C)OC(=O)N[C@H]1C[C@H](OCc2cc(Br)cc(Br)n2)C1. The van der Waals surface area contributed by atoms with E-state index in [-0.39, 0.29) is 18.2 Å². The van der Waals surface area contributed by atoms with Crippen LogP contribution in [0.5, 0.6) is 0 Å². The lowest BCUT2D eigenvalue weighted by Crippen LogP contribution is -2.49. The van der Waals surface area contributed by atoms with Crippen LogP contribution in [-0.2, 0) is 16.1 Å². The first kappa shape index (κ1) is 17.7. The van der Waals surface area contributed by atoms with Crippen LogP contribution in [0.25, 0.3) is 0 Å².